The van der Waals surface area contributed by atoms with Crippen molar-refractivity contribution in [1.82, 2.24) is 34.8 Å². The van der Waals surface area contributed by atoms with Crippen molar-refractivity contribution < 1.29 is 15.0 Å². The Labute approximate surface area is 177 Å². The fourth-order valence-electron chi connectivity index (χ4n) is 4.67. The topological polar surface area (TPSA) is 151 Å². The van der Waals surface area contributed by atoms with E-state index in [1.54, 1.807) is 36.5 Å². The highest BCUT2D eigenvalue weighted by Gasteiger charge is 2.75. The van der Waals surface area contributed by atoms with Gasteiger partial charge in [-0.05, 0) is 18.3 Å². The highest BCUT2D eigenvalue weighted by Crippen LogP contribution is 2.67. The Morgan fingerprint density at radius 3 is 2.77 bits per heavy atom. The lowest BCUT2D eigenvalue weighted by Crippen LogP contribution is -2.41. The number of fused-ring (bicyclic) bond motifs is 2. The molecule has 0 bridgehead atoms. The molecule has 2 fully saturated rings. The monoisotopic (exact) mass is 420 g/mol. The van der Waals surface area contributed by atoms with Crippen LogP contribution in [0.1, 0.15) is 24.0 Å². The quantitative estimate of drug-likeness (QED) is 0.395. The Bertz CT molecular complexity index is 1230. The van der Waals surface area contributed by atoms with E-state index in [4.69, 9.17) is 0 Å². The van der Waals surface area contributed by atoms with Gasteiger partial charge in [-0.25, -0.2) is 15.0 Å². The Kier molecular flexibility index (Phi) is 4.35. The zero-order chi connectivity index (χ0) is 21.8. The van der Waals surface area contributed by atoms with E-state index in [-0.39, 0.29) is 17.6 Å². The summed E-state index contributed by atoms with van der Waals surface area (Å²) in [6.07, 6.45) is 4.43. The second kappa shape index (κ2) is 6.97. The maximum absolute atomic E-state index is 12.4. The van der Waals surface area contributed by atoms with Crippen molar-refractivity contribution in [2.45, 2.75) is 24.7 Å². The van der Waals surface area contributed by atoms with Crippen LogP contribution < -0.4 is 10.6 Å². The number of anilines is 1. The Morgan fingerprint density at radius 1 is 1.23 bits per heavy atom. The van der Waals surface area contributed by atoms with Crippen molar-refractivity contribution in [2.24, 2.45) is 11.3 Å². The van der Waals surface area contributed by atoms with Gasteiger partial charge in [-0.15, -0.1) is 0 Å². The number of aliphatic hydroxyl groups excluding tert-OH is 2. The number of imidazole rings is 1. The molecule has 11 heteroatoms. The SMILES string of the molecule is CNC(=O)[C@@]12C[C@@H]1[C@@H](n1cnc3nc(C#Cc4cnccn4)nc(NC)c31)[C@H](O)[C@@H]2O. The van der Waals surface area contributed by atoms with Crippen LogP contribution >= 0.6 is 0 Å². The summed E-state index contributed by atoms with van der Waals surface area (Å²) < 4.78 is 1.75. The molecule has 3 aromatic rings. The molecular formula is C20H20N8O3. The van der Waals surface area contributed by atoms with E-state index >= 15 is 0 Å². The minimum Gasteiger partial charge on any atom is -0.389 e. The number of aromatic nitrogens is 6. The molecule has 2 aliphatic rings. The highest BCUT2D eigenvalue weighted by atomic mass is 16.3. The lowest BCUT2D eigenvalue weighted by Gasteiger charge is -2.24. The van der Waals surface area contributed by atoms with Gasteiger partial charge in [0, 0.05) is 32.4 Å². The predicted molar refractivity (Wildman–Crippen MR) is 109 cm³/mol. The summed E-state index contributed by atoms with van der Waals surface area (Å²) in [5.74, 6) is 5.98. The zero-order valence-corrected chi connectivity index (χ0v) is 16.8. The van der Waals surface area contributed by atoms with Gasteiger partial charge in [0.2, 0.25) is 11.7 Å². The van der Waals surface area contributed by atoms with Gasteiger partial charge in [0.15, 0.2) is 11.5 Å². The van der Waals surface area contributed by atoms with Gasteiger partial charge >= 0.3 is 0 Å². The van der Waals surface area contributed by atoms with E-state index in [0.717, 1.165) is 0 Å². The first-order valence-electron chi connectivity index (χ1n) is 9.80. The van der Waals surface area contributed by atoms with Crippen LogP contribution in [0, 0.1) is 23.2 Å². The first-order valence-corrected chi connectivity index (χ1v) is 9.80. The molecule has 3 heterocycles. The molecule has 0 aliphatic heterocycles. The van der Waals surface area contributed by atoms with Crippen LogP contribution in [0.15, 0.2) is 24.9 Å². The molecule has 5 atom stereocenters. The smallest absolute Gasteiger partial charge is 0.229 e. The second-order valence-corrected chi connectivity index (χ2v) is 7.67. The average Bonchev–Trinajstić information content (AvgIpc) is 3.34. The third-order valence-corrected chi connectivity index (χ3v) is 6.17. The average molecular weight is 420 g/mol. The molecule has 0 spiro atoms. The molecule has 2 aliphatic carbocycles. The third kappa shape index (κ3) is 2.76. The van der Waals surface area contributed by atoms with E-state index < -0.39 is 23.7 Å². The summed E-state index contributed by atoms with van der Waals surface area (Å²) in [5, 5.41) is 27.0. The van der Waals surface area contributed by atoms with Gasteiger partial charge in [-0.3, -0.25) is 9.78 Å². The Morgan fingerprint density at radius 2 is 2.06 bits per heavy atom. The molecule has 11 nitrogen and oxygen atoms in total. The molecule has 158 valence electrons. The summed E-state index contributed by atoms with van der Waals surface area (Å²) in [7, 11) is 3.24. The first-order chi connectivity index (χ1) is 15.0. The van der Waals surface area contributed by atoms with Crippen molar-refractivity contribution >= 4 is 22.9 Å². The molecular weight excluding hydrogens is 400 g/mol. The fourth-order valence-corrected chi connectivity index (χ4v) is 4.67. The van der Waals surface area contributed by atoms with Crippen LogP contribution in [0.2, 0.25) is 0 Å². The Hall–Kier alpha value is -3.62. The molecule has 0 unspecified atom stereocenters. The van der Waals surface area contributed by atoms with Crippen LogP contribution in [0.5, 0.6) is 0 Å². The summed E-state index contributed by atoms with van der Waals surface area (Å²) in [4.78, 5) is 33.7. The van der Waals surface area contributed by atoms with E-state index in [1.165, 1.54) is 7.05 Å². The van der Waals surface area contributed by atoms with Crippen LogP contribution in [-0.2, 0) is 4.79 Å². The van der Waals surface area contributed by atoms with Crippen molar-refractivity contribution in [1.29, 1.82) is 0 Å². The zero-order valence-electron chi connectivity index (χ0n) is 16.8. The molecule has 1 amide bonds. The van der Waals surface area contributed by atoms with Gasteiger partial charge in [0.25, 0.3) is 0 Å². The van der Waals surface area contributed by atoms with Crippen molar-refractivity contribution in [3.05, 3.63) is 36.4 Å². The number of nitrogens with one attached hydrogen (secondary N) is 2. The second-order valence-electron chi connectivity index (χ2n) is 7.67. The van der Waals surface area contributed by atoms with E-state index in [2.05, 4.69) is 47.4 Å². The Balaban J connectivity index is 1.55. The number of carbonyl (C=O) groups is 1. The van der Waals surface area contributed by atoms with Crippen LogP contribution in [0.3, 0.4) is 0 Å². The maximum atomic E-state index is 12.4. The molecule has 5 rings (SSSR count). The molecule has 4 N–H and O–H groups in total. The molecule has 31 heavy (non-hydrogen) atoms. The summed E-state index contributed by atoms with van der Waals surface area (Å²) >= 11 is 0. The van der Waals surface area contributed by atoms with Gasteiger partial charge < -0.3 is 25.4 Å². The maximum Gasteiger partial charge on any atom is 0.229 e. The standard InChI is InChI=1S/C20H20N8O3/c1-21-17-14-18(27-12(26-17)4-3-10-8-23-5-6-24-10)25-9-28(14)13-11-7-20(11,19(31)22-2)16(30)15(13)29/h5-6,8-9,11,13,15-16,29-30H,7H2,1-2H3,(H,22,31)(H,21,26,27)/t11-,13-,15+,16+,20+/m1/s1. The van der Waals surface area contributed by atoms with E-state index in [9.17, 15) is 15.0 Å². The number of amides is 1. The summed E-state index contributed by atoms with van der Waals surface area (Å²) in [5.41, 5.74) is 0.481. The minimum atomic E-state index is -1.16. The fraction of sp³-hybridized carbons (Fsp3) is 0.400. The number of carbonyl (C=O) groups excluding carboxylic acids is 1. The molecule has 0 saturated heterocycles. The van der Waals surface area contributed by atoms with Crippen molar-refractivity contribution in [3.63, 3.8) is 0 Å². The predicted octanol–water partition coefficient (Wildman–Crippen LogP) is -0.913. The highest BCUT2D eigenvalue weighted by molar-refractivity contribution is 5.88. The van der Waals surface area contributed by atoms with Gasteiger partial charge in [-0.1, -0.05) is 0 Å². The largest absolute Gasteiger partial charge is 0.389 e. The summed E-state index contributed by atoms with van der Waals surface area (Å²) in [6.45, 7) is 0. The number of hydrogen-bond donors (Lipinski definition) is 4. The molecule has 0 aromatic carbocycles. The van der Waals surface area contributed by atoms with Crippen LogP contribution in [-0.4, -0.2) is 71.9 Å². The van der Waals surface area contributed by atoms with Crippen LogP contribution in [0.4, 0.5) is 5.82 Å². The number of hydrogen-bond acceptors (Lipinski definition) is 9. The third-order valence-electron chi connectivity index (χ3n) is 6.17. The van der Waals surface area contributed by atoms with E-state index in [1.807, 2.05) is 0 Å². The molecule has 0 radical (unpaired) electrons. The van der Waals surface area contributed by atoms with E-state index in [0.29, 0.717) is 29.1 Å². The molecule has 3 aromatic heterocycles. The van der Waals surface area contributed by atoms with Gasteiger partial charge in [-0.2, -0.15) is 4.98 Å². The molecule has 2 saturated carbocycles. The summed E-state index contributed by atoms with van der Waals surface area (Å²) in [6, 6.07) is -0.524. The van der Waals surface area contributed by atoms with Gasteiger partial charge in [0.05, 0.1) is 30.1 Å². The normalized spacial score (nSPS) is 28.5. The lowest BCUT2D eigenvalue weighted by atomic mass is 9.98. The van der Waals surface area contributed by atoms with Gasteiger partial charge in [0.1, 0.15) is 17.3 Å². The van der Waals surface area contributed by atoms with Crippen molar-refractivity contribution in [3.8, 4) is 11.8 Å². The van der Waals surface area contributed by atoms with Crippen molar-refractivity contribution in [2.75, 3.05) is 19.4 Å². The number of aliphatic hydroxyl groups is 2. The minimum absolute atomic E-state index is 0.212. The first kappa shape index (κ1) is 19.3. The number of nitrogens with zero attached hydrogens (tertiary/aromatic N) is 6. The van der Waals surface area contributed by atoms with Crippen LogP contribution in [0.25, 0.3) is 11.2 Å². The lowest BCUT2D eigenvalue weighted by molar-refractivity contribution is -0.132. The number of rotatable bonds is 3.